The summed E-state index contributed by atoms with van der Waals surface area (Å²) in [5.41, 5.74) is 3.29. The van der Waals surface area contributed by atoms with Crippen molar-refractivity contribution < 1.29 is 42.1 Å². The molecule has 0 radical (unpaired) electrons. The topological polar surface area (TPSA) is 80.3 Å². The molecule has 4 aromatic carbocycles. The van der Waals surface area contributed by atoms with Gasteiger partial charge in [-0.1, -0.05) is 43.0 Å². The van der Waals surface area contributed by atoms with Crippen LogP contribution in [0.5, 0.6) is 11.5 Å². The molecule has 1 saturated carbocycles. The fourth-order valence-corrected chi connectivity index (χ4v) is 6.37. The van der Waals surface area contributed by atoms with E-state index in [1.807, 2.05) is 12.1 Å². The van der Waals surface area contributed by atoms with Crippen LogP contribution in [0.3, 0.4) is 0 Å². The molecule has 0 aromatic heterocycles. The molecular formula is C40H38F2O7. The van der Waals surface area contributed by atoms with Gasteiger partial charge >= 0.3 is 11.9 Å². The van der Waals surface area contributed by atoms with E-state index in [1.54, 1.807) is 60.7 Å². The lowest BCUT2D eigenvalue weighted by Gasteiger charge is -2.48. The molecule has 1 spiro atoms. The molecule has 254 valence electrons. The zero-order valence-corrected chi connectivity index (χ0v) is 27.0. The molecule has 9 heteroatoms. The zero-order chi connectivity index (χ0) is 34.2. The highest BCUT2D eigenvalue weighted by Gasteiger charge is 2.46. The predicted octanol–water partition coefficient (Wildman–Crippen LogP) is 8.96. The third kappa shape index (κ3) is 8.79. The number of hydrogen-bond donors (Lipinski definition) is 0. The van der Waals surface area contributed by atoms with Crippen molar-refractivity contribution in [1.29, 1.82) is 0 Å². The highest BCUT2D eigenvalue weighted by molar-refractivity contribution is 5.91. The minimum atomic E-state index is -0.816. The lowest BCUT2D eigenvalue weighted by atomic mass is 9.80. The van der Waals surface area contributed by atoms with Crippen molar-refractivity contribution in [3.63, 3.8) is 0 Å². The van der Waals surface area contributed by atoms with E-state index in [9.17, 15) is 18.4 Å². The summed E-state index contributed by atoms with van der Waals surface area (Å²) < 4.78 is 56.9. The molecule has 7 nitrogen and oxygen atoms in total. The Bertz CT molecular complexity index is 1660. The van der Waals surface area contributed by atoms with Crippen molar-refractivity contribution in [3.05, 3.63) is 144 Å². The van der Waals surface area contributed by atoms with E-state index in [1.165, 1.54) is 24.3 Å². The normalized spacial score (nSPS) is 21.9. The smallest absolute Gasteiger partial charge is 0.343 e. The number of ether oxygens (including phenoxy) is 5. The Labute approximate surface area is 284 Å². The van der Waals surface area contributed by atoms with Crippen LogP contribution >= 0.6 is 0 Å². The number of rotatable bonds is 11. The van der Waals surface area contributed by atoms with Crippen molar-refractivity contribution in [2.24, 2.45) is 0 Å². The lowest BCUT2D eigenvalue weighted by Crippen LogP contribution is -2.45. The molecule has 6 rings (SSSR count). The molecule has 1 heterocycles. The molecule has 0 amide bonds. The molecule has 1 saturated heterocycles. The first-order chi connectivity index (χ1) is 23.8. The highest BCUT2D eigenvalue weighted by Crippen LogP contribution is 2.50. The van der Waals surface area contributed by atoms with Crippen LogP contribution in [0.1, 0.15) is 83.7 Å². The summed E-state index contributed by atoms with van der Waals surface area (Å²) in [5, 5.41) is 0. The summed E-state index contributed by atoms with van der Waals surface area (Å²) in [7, 11) is 0. The first-order valence-electron chi connectivity index (χ1n) is 16.5. The summed E-state index contributed by atoms with van der Waals surface area (Å²) in [6, 6.07) is 27.0. The fourth-order valence-electron chi connectivity index (χ4n) is 6.37. The van der Waals surface area contributed by atoms with Gasteiger partial charge in [0.1, 0.15) is 23.1 Å². The number of benzene rings is 4. The van der Waals surface area contributed by atoms with E-state index in [0.29, 0.717) is 49.4 Å². The lowest BCUT2D eigenvalue weighted by molar-refractivity contribution is -0.334. The van der Waals surface area contributed by atoms with Gasteiger partial charge in [0.05, 0.1) is 31.0 Å². The number of hydrogen-bond acceptors (Lipinski definition) is 7. The van der Waals surface area contributed by atoms with Crippen molar-refractivity contribution in [1.82, 2.24) is 0 Å². The van der Waals surface area contributed by atoms with Crippen LogP contribution in [0.25, 0.3) is 0 Å². The van der Waals surface area contributed by atoms with E-state index < -0.39 is 17.7 Å². The zero-order valence-electron chi connectivity index (χ0n) is 27.0. The third-order valence-electron chi connectivity index (χ3n) is 8.99. The van der Waals surface area contributed by atoms with Crippen LogP contribution in [-0.4, -0.2) is 30.9 Å². The van der Waals surface area contributed by atoms with Gasteiger partial charge in [-0.25, -0.2) is 18.4 Å². The van der Waals surface area contributed by atoms with Gasteiger partial charge in [0, 0.05) is 31.8 Å². The molecular weight excluding hydrogens is 630 g/mol. The van der Waals surface area contributed by atoms with Crippen molar-refractivity contribution in [2.45, 2.75) is 62.4 Å². The van der Waals surface area contributed by atoms with Gasteiger partial charge in [0.25, 0.3) is 0 Å². The standard InChI is InChI=1S/C40H38F2O7/c1-2-38(43)46-25-3-24-45-34-16-10-31(11-17-34)39(44)47-35-18-8-27(9-19-35)28-20-22-40(23-21-28)48-36(29-4-12-32(41)13-5-29)26-37(49-40)30-6-14-33(42)15-7-30/h2,4-19,28,36-37H,1,3,20-26H2. The SMILES string of the molecule is C=CC(=O)OCCCOc1ccc(C(=O)Oc2ccc(C3CCC4(CC3)OC(c3ccc(F)cc3)CC(c3ccc(F)cc3)O4)cc2)cc1. The summed E-state index contributed by atoms with van der Waals surface area (Å²) in [6.07, 6.45) is 4.55. The number of carbonyl (C=O) groups is 2. The van der Waals surface area contributed by atoms with Crippen LogP contribution in [0.4, 0.5) is 8.78 Å². The van der Waals surface area contributed by atoms with Crippen molar-refractivity contribution in [2.75, 3.05) is 13.2 Å². The molecule has 0 N–H and O–H groups in total. The molecule has 2 atom stereocenters. The van der Waals surface area contributed by atoms with Crippen LogP contribution in [-0.2, 0) is 19.0 Å². The van der Waals surface area contributed by atoms with E-state index in [-0.39, 0.29) is 36.4 Å². The molecule has 2 aliphatic rings. The second kappa shape index (κ2) is 15.6. The maximum Gasteiger partial charge on any atom is 0.343 e. The molecule has 49 heavy (non-hydrogen) atoms. The first-order valence-corrected chi connectivity index (χ1v) is 16.5. The van der Waals surface area contributed by atoms with Gasteiger partial charge in [0.15, 0.2) is 5.79 Å². The maximum absolute atomic E-state index is 13.7. The Kier molecular flexibility index (Phi) is 10.8. The largest absolute Gasteiger partial charge is 0.493 e. The van der Waals surface area contributed by atoms with Gasteiger partial charge < -0.3 is 23.7 Å². The van der Waals surface area contributed by atoms with Gasteiger partial charge in [-0.05, 0) is 96.1 Å². The second-order valence-electron chi connectivity index (χ2n) is 12.3. The Morgan fingerprint density at radius 2 is 1.27 bits per heavy atom. The third-order valence-corrected chi connectivity index (χ3v) is 8.99. The molecule has 2 fully saturated rings. The molecule has 4 aromatic rings. The van der Waals surface area contributed by atoms with E-state index >= 15 is 0 Å². The fraction of sp³-hybridized carbons (Fsp3) is 0.300. The first kappa shape index (κ1) is 34.0. The number of carbonyl (C=O) groups excluding carboxylic acids is 2. The molecule has 0 bridgehead atoms. The van der Waals surface area contributed by atoms with Crippen LogP contribution < -0.4 is 9.47 Å². The highest BCUT2D eigenvalue weighted by atomic mass is 19.1. The van der Waals surface area contributed by atoms with E-state index in [0.717, 1.165) is 35.6 Å². The predicted molar refractivity (Wildman–Crippen MR) is 178 cm³/mol. The van der Waals surface area contributed by atoms with E-state index in [4.69, 9.17) is 23.7 Å². The Hall–Kier alpha value is -4.86. The molecule has 2 unspecified atom stereocenters. The summed E-state index contributed by atoms with van der Waals surface area (Å²) in [6.45, 7) is 3.94. The Morgan fingerprint density at radius 3 is 1.82 bits per heavy atom. The van der Waals surface area contributed by atoms with Gasteiger partial charge in [-0.2, -0.15) is 0 Å². The average Bonchev–Trinajstić information content (AvgIpc) is 3.13. The Morgan fingerprint density at radius 1 is 0.735 bits per heavy atom. The summed E-state index contributed by atoms with van der Waals surface area (Å²) >= 11 is 0. The molecule has 1 aliphatic carbocycles. The monoisotopic (exact) mass is 668 g/mol. The van der Waals surface area contributed by atoms with Crippen LogP contribution in [0.15, 0.2) is 110 Å². The van der Waals surface area contributed by atoms with Crippen molar-refractivity contribution >= 4 is 11.9 Å². The Balaban J connectivity index is 1.03. The minimum absolute atomic E-state index is 0.233. The quantitative estimate of drug-likeness (QED) is 0.0683. The summed E-state index contributed by atoms with van der Waals surface area (Å²) in [4.78, 5) is 23.9. The van der Waals surface area contributed by atoms with Crippen LogP contribution in [0.2, 0.25) is 0 Å². The van der Waals surface area contributed by atoms with Crippen LogP contribution in [0, 0.1) is 11.6 Å². The second-order valence-corrected chi connectivity index (χ2v) is 12.3. The van der Waals surface area contributed by atoms with E-state index in [2.05, 4.69) is 6.58 Å². The number of halogens is 2. The summed E-state index contributed by atoms with van der Waals surface area (Å²) in [5.74, 6) is -1.08. The maximum atomic E-state index is 13.7. The number of esters is 2. The van der Waals surface area contributed by atoms with Gasteiger partial charge in [-0.3, -0.25) is 0 Å². The minimum Gasteiger partial charge on any atom is -0.493 e. The van der Waals surface area contributed by atoms with Gasteiger partial charge in [0.2, 0.25) is 0 Å². The average molecular weight is 669 g/mol. The molecule has 1 aliphatic heterocycles. The van der Waals surface area contributed by atoms with Gasteiger partial charge in [-0.15, -0.1) is 0 Å². The van der Waals surface area contributed by atoms with Crippen molar-refractivity contribution in [3.8, 4) is 11.5 Å².